The van der Waals surface area contributed by atoms with Crippen molar-refractivity contribution < 1.29 is 28.6 Å². The molecule has 7 heteroatoms. The van der Waals surface area contributed by atoms with E-state index in [1.807, 2.05) is 6.07 Å². The SMILES string of the molecule is C=C(CN(CC(=C)C(=O)OCC)c1ccc(OC(=O)c2ccccc2)cc1)C(=O)OCC. The van der Waals surface area contributed by atoms with E-state index in [0.717, 1.165) is 0 Å². The summed E-state index contributed by atoms with van der Waals surface area (Å²) in [7, 11) is 0. The zero-order valence-electron chi connectivity index (χ0n) is 18.3. The van der Waals surface area contributed by atoms with Crippen molar-refractivity contribution in [1.82, 2.24) is 0 Å². The van der Waals surface area contributed by atoms with Crippen LogP contribution in [0.5, 0.6) is 5.75 Å². The van der Waals surface area contributed by atoms with Gasteiger partial charge in [-0.3, -0.25) is 0 Å². The van der Waals surface area contributed by atoms with Crippen molar-refractivity contribution >= 4 is 23.6 Å². The van der Waals surface area contributed by atoms with Crippen LogP contribution in [0.3, 0.4) is 0 Å². The van der Waals surface area contributed by atoms with E-state index < -0.39 is 17.9 Å². The van der Waals surface area contributed by atoms with Crippen LogP contribution in [0, 0.1) is 0 Å². The molecule has 2 aromatic carbocycles. The average molecular weight is 437 g/mol. The van der Waals surface area contributed by atoms with Crippen LogP contribution in [-0.2, 0) is 19.1 Å². The highest BCUT2D eigenvalue weighted by Crippen LogP contribution is 2.22. The summed E-state index contributed by atoms with van der Waals surface area (Å²) >= 11 is 0. The molecule has 0 aliphatic carbocycles. The number of ether oxygens (including phenoxy) is 3. The van der Waals surface area contributed by atoms with Gasteiger partial charge >= 0.3 is 17.9 Å². The minimum absolute atomic E-state index is 0.112. The number of hydrogen-bond acceptors (Lipinski definition) is 7. The second kappa shape index (κ2) is 12.1. The zero-order valence-corrected chi connectivity index (χ0v) is 18.3. The molecule has 0 bridgehead atoms. The maximum atomic E-state index is 12.2. The first-order chi connectivity index (χ1) is 15.3. The van der Waals surface area contributed by atoms with Crippen LogP contribution in [0.15, 0.2) is 78.9 Å². The minimum atomic E-state index is -0.521. The van der Waals surface area contributed by atoms with Gasteiger partial charge in [-0.05, 0) is 50.2 Å². The first-order valence-electron chi connectivity index (χ1n) is 10.2. The molecular formula is C25H27NO6. The third-order valence-electron chi connectivity index (χ3n) is 4.31. The Morgan fingerprint density at radius 2 is 1.28 bits per heavy atom. The molecule has 0 aromatic heterocycles. The van der Waals surface area contributed by atoms with Gasteiger partial charge in [-0.15, -0.1) is 0 Å². The van der Waals surface area contributed by atoms with Crippen LogP contribution in [0.4, 0.5) is 5.69 Å². The molecule has 0 unspecified atom stereocenters. The Hall–Kier alpha value is -3.87. The van der Waals surface area contributed by atoms with Gasteiger partial charge in [-0.25, -0.2) is 14.4 Å². The highest BCUT2D eigenvalue weighted by Gasteiger charge is 2.18. The lowest BCUT2D eigenvalue weighted by Crippen LogP contribution is -2.32. The first kappa shape index (κ1) is 24.4. The number of esters is 3. The fourth-order valence-corrected chi connectivity index (χ4v) is 2.76. The standard InChI is InChI=1S/C25H27NO6/c1-5-30-23(27)18(3)16-26(17-19(4)24(28)31-6-2)21-12-14-22(15-13-21)32-25(29)20-10-8-7-9-11-20/h7-15H,3-6,16-17H2,1-2H3. The molecule has 0 radical (unpaired) electrons. The summed E-state index contributed by atoms with van der Waals surface area (Å²) in [6, 6.07) is 15.3. The minimum Gasteiger partial charge on any atom is -0.463 e. The Morgan fingerprint density at radius 1 is 0.781 bits per heavy atom. The summed E-state index contributed by atoms with van der Waals surface area (Å²) in [6.45, 7) is 11.7. The topological polar surface area (TPSA) is 82.1 Å². The highest BCUT2D eigenvalue weighted by atomic mass is 16.5. The van der Waals surface area contributed by atoms with Gasteiger partial charge in [0.25, 0.3) is 0 Å². The van der Waals surface area contributed by atoms with Crippen molar-refractivity contribution in [2.45, 2.75) is 13.8 Å². The molecule has 32 heavy (non-hydrogen) atoms. The summed E-state index contributed by atoms with van der Waals surface area (Å²) in [5.41, 5.74) is 1.56. The maximum absolute atomic E-state index is 12.2. The van der Waals surface area contributed by atoms with E-state index in [2.05, 4.69) is 13.2 Å². The highest BCUT2D eigenvalue weighted by molar-refractivity contribution is 5.91. The van der Waals surface area contributed by atoms with Crippen LogP contribution < -0.4 is 9.64 Å². The van der Waals surface area contributed by atoms with Crippen LogP contribution in [0.1, 0.15) is 24.2 Å². The molecule has 0 amide bonds. The largest absolute Gasteiger partial charge is 0.463 e. The number of nitrogens with zero attached hydrogens (tertiary/aromatic N) is 1. The smallest absolute Gasteiger partial charge is 0.343 e. The third-order valence-corrected chi connectivity index (χ3v) is 4.31. The predicted molar refractivity (Wildman–Crippen MR) is 122 cm³/mol. The molecule has 0 heterocycles. The molecule has 0 N–H and O–H groups in total. The van der Waals surface area contributed by atoms with Gasteiger partial charge in [0.15, 0.2) is 0 Å². The third kappa shape index (κ3) is 7.12. The predicted octanol–water partition coefficient (Wildman–Crippen LogP) is 3.95. The van der Waals surface area contributed by atoms with Crippen LogP contribution in [0.2, 0.25) is 0 Å². The lowest BCUT2D eigenvalue weighted by atomic mass is 10.2. The summed E-state index contributed by atoms with van der Waals surface area (Å²) in [6.07, 6.45) is 0. The molecule has 0 spiro atoms. The Bertz CT molecular complexity index is 934. The normalized spacial score (nSPS) is 10.1. The summed E-state index contributed by atoms with van der Waals surface area (Å²) < 4.78 is 15.4. The fraction of sp³-hybridized carbons (Fsp3) is 0.240. The van der Waals surface area contributed by atoms with Gasteiger partial charge in [-0.1, -0.05) is 31.4 Å². The monoisotopic (exact) mass is 437 g/mol. The van der Waals surface area contributed by atoms with Crippen molar-refractivity contribution in [3.05, 3.63) is 84.5 Å². The molecule has 0 atom stereocenters. The Balaban J connectivity index is 2.17. The van der Waals surface area contributed by atoms with Crippen LogP contribution in [-0.4, -0.2) is 44.2 Å². The lowest BCUT2D eigenvalue weighted by molar-refractivity contribution is -0.139. The second-order valence-electron chi connectivity index (χ2n) is 6.75. The molecular weight excluding hydrogens is 410 g/mol. The number of rotatable bonds is 11. The number of anilines is 1. The van der Waals surface area contributed by atoms with Crippen molar-refractivity contribution in [2.24, 2.45) is 0 Å². The van der Waals surface area contributed by atoms with Crippen molar-refractivity contribution in [1.29, 1.82) is 0 Å². The van der Waals surface area contributed by atoms with Crippen LogP contribution in [0.25, 0.3) is 0 Å². The quantitative estimate of drug-likeness (QED) is 0.299. The summed E-state index contributed by atoms with van der Waals surface area (Å²) in [4.78, 5) is 38.0. The Morgan fingerprint density at radius 3 is 1.75 bits per heavy atom. The van der Waals surface area contributed by atoms with Gasteiger partial charge in [0.2, 0.25) is 0 Å². The molecule has 0 aliphatic rings. The average Bonchev–Trinajstić information content (AvgIpc) is 2.79. The van der Waals surface area contributed by atoms with E-state index in [4.69, 9.17) is 14.2 Å². The van der Waals surface area contributed by atoms with Crippen molar-refractivity contribution in [3.63, 3.8) is 0 Å². The van der Waals surface area contributed by atoms with Crippen LogP contribution >= 0.6 is 0 Å². The number of hydrogen-bond donors (Lipinski definition) is 0. The molecule has 7 nitrogen and oxygen atoms in total. The number of benzene rings is 2. The fourth-order valence-electron chi connectivity index (χ4n) is 2.76. The van der Waals surface area contributed by atoms with E-state index in [9.17, 15) is 14.4 Å². The van der Waals surface area contributed by atoms with Crippen molar-refractivity contribution in [3.8, 4) is 5.75 Å². The number of carbonyl (C=O) groups excluding carboxylic acids is 3. The lowest BCUT2D eigenvalue weighted by Gasteiger charge is -2.26. The van der Waals surface area contributed by atoms with Gasteiger partial charge < -0.3 is 19.1 Å². The van der Waals surface area contributed by atoms with E-state index in [-0.39, 0.29) is 37.4 Å². The van der Waals surface area contributed by atoms with Gasteiger partial charge in [0.1, 0.15) is 5.75 Å². The molecule has 0 aliphatic heterocycles. The zero-order chi connectivity index (χ0) is 23.5. The summed E-state index contributed by atoms with van der Waals surface area (Å²) in [5, 5.41) is 0. The molecule has 168 valence electrons. The maximum Gasteiger partial charge on any atom is 0.343 e. The number of carbonyl (C=O) groups is 3. The Labute approximate surface area is 187 Å². The second-order valence-corrected chi connectivity index (χ2v) is 6.75. The van der Waals surface area contributed by atoms with E-state index in [0.29, 0.717) is 17.0 Å². The molecule has 2 rings (SSSR count). The van der Waals surface area contributed by atoms with Crippen molar-refractivity contribution in [2.75, 3.05) is 31.2 Å². The van der Waals surface area contributed by atoms with Gasteiger partial charge in [0, 0.05) is 29.9 Å². The van der Waals surface area contributed by atoms with Gasteiger partial charge in [0.05, 0.1) is 18.8 Å². The van der Waals surface area contributed by atoms with E-state index in [1.54, 1.807) is 67.3 Å². The molecule has 0 saturated heterocycles. The van der Waals surface area contributed by atoms with E-state index >= 15 is 0 Å². The van der Waals surface area contributed by atoms with Gasteiger partial charge in [-0.2, -0.15) is 0 Å². The molecule has 2 aromatic rings. The summed E-state index contributed by atoms with van der Waals surface area (Å²) in [5.74, 6) is -1.15. The Kier molecular flexibility index (Phi) is 9.22. The molecule has 0 fully saturated rings. The first-order valence-corrected chi connectivity index (χ1v) is 10.2. The van der Waals surface area contributed by atoms with E-state index in [1.165, 1.54) is 0 Å². The molecule has 0 saturated carbocycles.